The van der Waals surface area contributed by atoms with Crippen LogP contribution in [-0.4, -0.2) is 23.1 Å². The van der Waals surface area contributed by atoms with Gasteiger partial charge in [0, 0.05) is 18.8 Å². The predicted octanol–water partition coefficient (Wildman–Crippen LogP) is 4.87. The predicted molar refractivity (Wildman–Crippen MR) is 102 cm³/mol. The molecule has 1 aliphatic heterocycles. The van der Waals surface area contributed by atoms with Crippen molar-refractivity contribution in [2.75, 3.05) is 0 Å². The Kier molecular flexibility index (Phi) is 11.4. The Morgan fingerprint density at radius 2 is 1.67 bits per heavy atom. The van der Waals surface area contributed by atoms with Gasteiger partial charge in [-0.2, -0.15) is 0 Å². The van der Waals surface area contributed by atoms with Crippen LogP contribution in [0, 0.1) is 0 Å². The van der Waals surface area contributed by atoms with Gasteiger partial charge in [0.05, 0.1) is 12.3 Å². The summed E-state index contributed by atoms with van der Waals surface area (Å²) < 4.78 is 0. The normalized spacial score (nSPS) is 17.8. The molecule has 0 aliphatic carbocycles. The molecule has 0 fully saturated rings. The van der Waals surface area contributed by atoms with E-state index in [4.69, 9.17) is 0 Å². The van der Waals surface area contributed by atoms with Crippen molar-refractivity contribution in [3.05, 3.63) is 12.4 Å². The summed E-state index contributed by atoms with van der Waals surface area (Å²) in [7, 11) is 0. The third kappa shape index (κ3) is 8.60. The summed E-state index contributed by atoms with van der Waals surface area (Å²) in [5, 5.41) is 6.47. The highest BCUT2D eigenvalue weighted by molar-refractivity contribution is 5.76. The van der Waals surface area contributed by atoms with Crippen LogP contribution in [0.3, 0.4) is 0 Å². The third-order valence-electron chi connectivity index (χ3n) is 4.78. The highest BCUT2D eigenvalue weighted by Crippen LogP contribution is 2.14. The minimum atomic E-state index is 0.0545. The van der Waals surface area contributed by atoms with Gasteiger partial charge in [-0.25, -0.2) is 0 Å². The zero-order valence-electron chi connectivity index (χ0n) is 16.2. The van der Waals surface area contributed by atoms with E-state index in [0.29, 0.717) is 12.6 Å². The first-order chi connectivity index (χ1) is 11.7. The average Bonchev–Trinajstić information content (AvgIpc) is 3.02. The fourth-order valence-electron chi connectivity index (χ4n) is 3.31. The molecular formula is C20H39N3O. The van der Waals surface area contributed by atoms with Gasteiger partial charge < -0.3 is 15.5 Å². The van der Waals surface area contributed by atoms with Gasteiger partial charge in [0.1, 0.15) is 0 Å². The number of rotatable bonds is 14. The number of nitrogens with one attached hydrogen (secondary N) is 2. The van der Waals surface area contributed by atoms with Crippen LogP contribution in [-0.2, 0) is 4.79 Å². The maximum Gasteiger partial charge on any atom is 0.221 e. The van der Waals surface area contributed by atoms with E-state index in [1.54, 1.807) is 0 Å². The lowest BCUT2D eigenvalue weighted by molar-refractivity contribution is -0.122. The zero-order chi connectivity index (χ0) is 17.6. The zero-order valence-corrected chi connectivity index (χ0v) is 16.2. The van der Waals surface area contributed by atoms with Gasteiger partial charge in [0.15, 0.2) is 0 Å². The SMILES string of the molecule is CCCCCCCCCCCC(=O)NC(C)N1C=CNC1CCC. The summed E-state index contributed by atoms with van der Waals surface area (Å²) in [5.74, 6) is 0.181. The highest BCUT2D eigenvalue weighted by Gasteiger charge is 2.23. The smallest absolute Gasteiger partial charge is 0.221 e. The Bertz CT molecular complexity index is 357. The summed E-state index contributed by atoms with van der Waals surface area (Å²) in [4.78, 5) is 14.3. The van der Waals surface area contributed by atoms with Gasteiger partial charge in [-0.1, -0.05) is 71.6 Å². The molecule has 1 rings (SSSR count). The summed E-state index contributed by atoms with van der Waals surface area (Å²) in [6.07, 6.45) is 18.9. The van der Waals surface area contributed by atoms with E-state index in [9.17, 15) is 4.79 Å². The highest BCUT2D eigenvalue weighted by atomic mass is 16.1. The minimum absolute atomic E-state index is 0.0545. The molecule has 4 nitrogen and oxygen atoms in total. The van der Waals surface area contributed by atoms with Crippen LogP contribution >= 0.6 is 0 Å². The Morgan fingerprint density at radius 3 is 2.29 bits per heavy atom. The summed E-state index contributed by atoms with van der Waals surface area (Å²) in [6.45, 7) is 6.51. The van der Waals surface area contributed by atoms with Crippen molar-refractivity contribution in [1.82, 2.24) is 15.5 Å². The summed E-state index contributed by atoms with van der Waals surface area (Å²) in [6, 6.07) is 0. The molecule has 0 saturated heterocycles. The molecule has 0 bridgehead atoms. The number of unbranched alkanes of at least 4 members (excludes halogenated alkanes) is 8. The lowest BCUT2D eigenvalue weighted by Gasteiger charge is -2.31. The van der Waals surface area contributed by atoms with Crippen molar-refractivity contribution in [2.45, 2.75) is 110 Å². The maximum absolute atomic E-state index is 12.1. The first-order valence-electron chi connectivity index (χ1n) is 10.2. The molecule has 1 heterocycles. The average molecular weight is 338 g/mol. The second-order valence-corrected chi connectivity index (χ2v) is 7.06. The number of hydrogen-bond acceptors (Lipinski definition) is 3. The molecule has 0 aromatic heterocycles. The quantitative estimate of drug-likeness (QED) is 0.444. The largest absolute Gasteiger partial charge is 0.370 e. The van der Waals surface area contributed by atoms with Crippen molar-refractivity contribution >= 4 is 5.91 Å². The van der Waals surface area contributed by atoms with Crippen LogP contribution < -0.4 is 10.6 Å². The number of amides is 1. The number of carbonyl (C=O) groups excluding carboxylic acids is 1. The van der Waals surface area contributed by atoms with Crippen molar-refractivity contribution in [1.29, 1.82) is 0 Å². The minimum Gasteiger partial charge on any atom is -0.370 e. The molecule has 0 radical (unpaired) electrons. The topological polar surface area (TPSA) is 44.4 Å². The standard InChI is InChI=1S/C20H39N3O/c1-4-6-7-8-9-10-11-12-13-15-20(24)22-18(3)23-17-16-21-19(23)14-5-2/h16-19,21H,4-15H2,1-3H3,(H,22,24). The first-order valence-corrected chi connectivity index (χ1v) is 10.2. The molecule has 2 unspecified atom stereocenters. The Balaban J connectivity index is 2.04. The van der Waals surface area contributed by atoms with Crippen LogP contribution in [0.2, 0.25) is 0 Å². The molecule has 24 heavy (non-hydrogen) atoms. The fourth-order valence-corrected chi connectivity index (χ4v) is 3.31. The second-order valence-electron chi connectivity index (χ2n) is 7.06. The van der Waals surface area contributed by atoms with Crippen molar-refractivity contribution in [3.63, 3.8) is 0 Å². The number of hydrogen-bond donors (Lipinski definition) is 2. The molecule has 0 saturated carbocycles. The molecule has 2 atom stereocenters. The Hall–Kier alpha value is -1.19. The molecule has 1 amide bonds. The van der Waals surface area contributed by atoms with Crippen LogP contribution in [0.5, 0.6) is 0 Å². The van der Waals surface area contributed by atoms with E-state index >= 15 is 0 Å². The van der Waals surface area contributed by atoms with Crippen LogP contribution in [0.4, 0.5) is 0 Å². The first kappa shape index (κ1) is 20.9. The molecule has 0 aromatic rings. The van der Waals surface area contributed by atoms with E-state index in [1.807, 2.05) is 12.4 Å². The number of nitrogens with zero attached hydrogens (tertiary/aromatic N) is 1. The second kappa shape index (κ2) is 13.1. The van der Waals surface area contributed by atoms with Crippen molar-refractivity contribution < 1.29 is 4.79 Å². The molecule has 4 heteroatoms. The van der Waals surface area contributed by atoms with Gasteiger partial charge in [-0.15, -0.1) is 0 Å². The van der Waals surface area contributed by atoms with Crippen molar-refractivity contribution in [2.24, 2.45) is 0 Å². The molecule has 140 valence electrons. The lowest BCUT2D eigenvalue weighted by atomic mass is 10.1. The van der Waals surface area contributed by atoms with Gasteiger partial charge in [-0.3, -0.25) is 4.79 Å². The molecule has 2 N–H and O–H groups in total. The Labute approximate surface area is 149 Å². The monoisotopic (exact) mass is 337 g/mol. The van der Waals surface area contributed by atoms with Crippen LogP contribution in [0.15, 0.2) is 12.4 Å². The van der Waals surface area contributed by atoms with E-state index in [2.05, 4.69) is 36.3 Å². The van der Waals surface area contributed by atoms with Crippen LogP contribution in [0.1, 0.15) is 97.8 Å². The van der Waals surface area contributed by atoms with Gasteiger partial charge in [0.2, 0.25) is 5.91 Å². The lowest BCUT2D eigenvalue weighted by Crippen LogP contribution is -2.49. The Morgan fingerprint density at radius 1 is 1.04 bits per heavy atom. The van der Waals surface area contributed by atoms with Gasteiger partial charge in [0.25, 0.3) is 0 Å². The molecular weight excluding hydrogens is 298 g/mol. The third-order valence-corrected chi connectivity index (χ3v) is 4.78. The van der Waals surface area contributed by atoms with Crippen LogP contribution in [0.25, 0.3) is 0 Å². The van der Waals surface area contributed by atoms with E-state index < -0.39 is 0 Å². The van der Waals surface area contributed by atoms with Gasteiger partial charge in [-0.05, 0) is 19.8 Å². The van der Waals surface area contributed by atoms with E-state index in [1.165, 1.54) is 51.4 Å². The van der Waals surface area contributed by atoms with Gasteiger partial charge >= 0.3 is 0 Å². The molecule has 1 aliphatic rings. The van der Waals surface area contributed by atoms with Crippen molar-refractivity contribution in [3.8, 4) is 0 Å². The van der Waals surface area contributed by atoms with E-state index in [0.717, 1.165) is 19.3 Å². The fraction of sp³-hybridized carbons (Fsp3) is 0.850. The van der Waals surface area contributed by atoms with E-state index in [-0.39, 0.29) is 12.1 Å². The maximum atomic E-state index is 12.1. The summed E-state index contributed by atoms with van der Waals surface area (Å²) in [5.41, 5.74) is 0. The summed E-state index contributed by atoms with van der Waals surface area (Å²) >= 11 is 0. The number of carbonyl (C=O) groups is 1. The molecule has 0 aromatic carbocycles. The molecule has 0 spiro atoms.